The second kappa shape index (κ2) is 10.7. The van der Waals surface area contributed by atoms with E-state index in [1.807, 2.05) is 0 Å². The van der Waals surface area contributed by atoms with E-state index in [-0.39, 0.29) is 60.8 Å². The van der Waals surface area contributed by atoms with Crippen molar-refractivity contribution in [3.63, 3.8) is 0 Å². The third-order valence-corrected chi connectivity index (χ3v) is 10.6. The Kier molecular flexibility index (Phi) is 7.61. The number of allylic oxidation sites excluding steroid dienone is 1. The number of hydrogen-bond acceptors (Lipinski definition) is 8. The van der Waals surface area contributed by atoms with E-state index >= 15 is 0 Å². The number of nitro groups is 1. The van der Waals surface area contributed by atoms with Gasteiger partial charge in [-0.1, -0.05) is 25.5 Å². The Morgan fingerprint density at radius 1 is 1.15 bits per heavy atom. The van der Waals surface area contributed by atoms with Gasteiger partial charge in [-0.2, -0.15) is 0 Å². The van der Waals surface area contributed by atoms with E-state index in [0.29, 0.717) is 23.6 Å². The second-order valence-electron chi connectivity index (χ2n) is 12.5. The molecule has 7 atom stereocenters. The van der Waals surface area contributed by atoms with E-state index in [1.54, 1.807) is 6.92 Å². The van der Waals surface area contributed by atoms with Crippen molar-refractivity contribution in [2.75, 3.05) is 6.61 Å². The number of hydrogen-bond donors (Lipinski definition) is 1. The number of aryl methyl sites for hydroxylation is 1. The van der Waals surface area contributed by atoms with E-state index in [9.17, 15) is 24.8 Å². The zero-order valence-corrected chi connectivity index (χ0v) is 23.3. The second-order valence-corrected chi connectivity index (χ2v) is 12.5. The summed E-state index contributed by atoms with van der Waals surface area (Å²) in [6, 6.07) is 0. The maximum Gasteiger partial charge on any atom is 0.342 e. The van der Waals surface area contributed by atoms with Crippen molar-refractivity contribution in [1.29, 1.82) is 0 Å². The number of aliphatic hydroxyl groups is 1. The van der Waals surface area contributed by atoms with Gasteiger partial charge in [-0.15, -0.1) is 0 Å². The summed E-state index contributed by atoms with van der Waals surface area (Å²) in [5, 5.41) is 21.3. The number of aromatic nitrogens is 2. The number of nitrogens with zero attached hydrogens (tertiary/aromatic N) is 3. The SMILES string of the molecule is Cc1ncc([N+](=O)[O-])n1CCOC(=O)CCC(=O)O[C@H]1CC[C@H]2[C@@H]3CC=C4C[C@@H](O)CC[C@]4(C)[C@H]3CC[C@]12C. The molecule has 10 heteroatoms. The number of carbonyl (C=O) groups is 2. The zero-order valence-electron chi connectivity index (χ0n) is 23.3. The summed E-state index contributed by atoms with van der Waals surface area (Å²) < 4.78 is 12.6. The number of ether oxygens (including phenoxy) is 2. The summed E-state index contributed by atoms with van der Waals surface area (Å²) >= 11 is 0. The van der Waals surface area contributed by atoms with Crippen molar-refractivity contribution in [2.45, 2.75) is 104 Å². The van der Waals surface area contributed by atoms with Gasteiger partial charge in [0.05, 0.1) is 18.9 Å². The van der Waals surface area contributed by atoms with Gasteiger partial charge in [0, 0.05) is 12.3 Å². The molecule has 0 unspecified atom stereocenters. The average Bonchev–Trinajstić information content (AvgIpc) is 3.42. The summed E-state index contributed by atoms with van der Waals surface area (Å²) in [5.41, 5.74) is 1.59. The number of aliphatic hydroxyl groups excluding tert-OH is 1. The lowest BCUT2D eigenvalue weighted by atomic mass is 9.48. The van der Waals surface area contributed by atoms with E-state index in [2.05, 4.69) is 24.9 Å². The minimum atomic E-state index is -0.529. The van der Waals surface area contributed by atoms with Crippen LogP contribution in [0.15, 0.2) is 17.8 Å². The lowest BCUT2D eigenvalue weighted by Crippen LogP contribution is -2.51. The third kappa shape index (κ3) is 5.12. The summed E-state index contributed by atoms with van der Waals surface area (Å²) in [7, 11) is 0. The first-order valence-electron chi connectivity index (χ1n) is 14.4. The van der Waals surface area contributed by atoms with Crippen LogP contribution < -0.4 is 0 Å². The highest BCUT2D eigenvalue weighted by molar-refractivity contribution is 5.77. The topological polar surface area (TPSA) is 134 Å². The van der Waals surface area contributed by atoms with Crippen molar-refractivity contribution in [3.8, 4) is 0 Å². The number of esters is 2. The monoisotopic (exact) mass is 543 g/mol. The molecule has 0 radical (unpaired) electrons. The molecular formula is C29H41N3O7. The fraction of sp³-hybridized carbons (Fsp3) is 0.759. The summed E-state index contributed by atoms with van der Waals surface area (Å²) in [4.78, 5) is 39.5. The minimum Gasteiger partial charge on any atom is -0.462 e. The average molecular weight is 544 g/mol. The predicted molar refractivity (Wildman–Crippen MR) is 141 cm³/mol. The molecule has 0 spiro atoms. The summed E-state index contributed by atoms with van der Waals surface area (Å²) in [6.07, 6.45) is 11.0. The number of fused-ring (bicyclic) bond motifs is 5. The Morgan fingerprint density at radius 3 is 2.69 bits per heavy atom. The van der Waals surface area contributed by atoms with Crippen LogP contribution in [0.4, 0.5) is 5.82 Å². The van der Waals surface area contributed by atoms with Crippen LogP contribution in [0.25, 0.3) is 0 Å². The van der Waals surface area contributed by atoms with Crippen molar-refractivity contribution in [1.82, 2.24) is 9.55 Å². The molecule has 1 N–H and O–H groups in total. The number of carbonyl (C=O) groups excluding carboxylic acids is 2. The van der Waals surface area contributed by atoms with Crippen LogP contribution in [0.5, 0.6) is 0 Å². The first kappa shape index (κ1) is 27.8. The Hall–Kier alpha value is -2.75. The molecule has 0 aromatic carbocycles. The molecule has 0 bridgehead atoms. The predicted octanol–water partition coefficient (Wildman–Crippen LogP) is 4.66. The molecule has 0 saturated heterocycles. The molecule has 214 valence electrons. The van der Waals surface area contributed by atoms with Gasteiger partial charge in [0.1, 0.15) is 25.5 Å². The Bertz CT molecular complexity index is 1160. The van der Waals surface area contributed by atoms with Crippen LogP contribution in [-0.4, -0.2) is 50.3 Å². The lowest BCUT2D eigenvalue weighted by molar-refractivity contribution is -0.392. The van der Waals surface area contributed by atoms with E-state index in [0.717, 1.165) is 51.4 Å². The molecule has 1 aromatic rings. The Morgan fingerprint density at radius 2 is 1.92 bits per heavy atom. The van der Waals surface area contributed by atoms with Gasteiger partial charge in [0.25, 0.3) is 0 Å². The number of imidazole rings is 1. The summed E-state index contributed by atoms with van der Waals surface area (Å²) in [6.45, 7) is 6.43. The maximum atomic E-state index is 12.7. The fourth-order valence-electron chi connectivity index (χ4n) is 8.41. The van der Waals surface area contributed by atoms with Crippen LogP contribution in [0.1, 0.15) is 83.9 Å². The molecule has 1 aromatic heterocycles. The fourth-order valence-corrected chi connectivity index (χ4v) is 8.41. The minimum absolute atomic E-state index is 0.0368. The quantitative estimate of drug-likeness (QED) is 0.217. The van der Waals surface area contributed by atoms with Gasteiger partial charge >= 0.3 is 17.8 Å². The largest absolute Gasteiger partial charge is 0.462 e. The van der Waals surface area contributed by atoms with Crippen molar-refractivity contribution in [2.24, 2.45) is 28.6 Å². The smallest absolute Gasteiger partial charge is 0.342 e. The van der Waals surface area contributed by atoms with Gasteiger partial charge in [0.2, 0.25) is 0 Å². The normalized spacial score (nSPS) is 35.3. The van der Waals surface area contributed by atoms with Gasteiger partial charge in [-0.05, 0) is 79.5 Å². The summed E-state index contributed by atoms with van der Waals surface area (Å²) in [5.74, 6) is 1.13. The Labute approximate surface area is 229 Å². The van der Waals surface area contributed by atoms with Gasteiger partial charge in [-0.25, -0.2) is 9.55 Å². The highest BCUT2D eigenvalue weighted by atomic mass is 16.6. The van der Waals surface area contributed by atoms with Crippen molar-refractivity contribution < 1.29 is 29.1 Å². The molecule has 3 fully saturated rings. The van der Waals surface area contributed by atoms with E-state index in [1.165, 1.54) is 16.3 Å². The highest BCUT2D eigenvalue weighted by Crippen LogP contribution is 2.65. The molecule has 4 aliphatic rings. The number of rotatable bonds is 8. The molecule has 4 aliphatic carbocycles. The maximum absolute atomic E-state index is 12.7. The first-order chi connectivity index (χ1) is 18.5. The van der Waals surface area contributed by atoms with E-state index in [4.69, 9.17) is 9.47 Å². The van der Waals surface area contributed by atoms with Crippen LogP contribution >= 0.6 is 0 Å². The lowest BCUT2D eigenvalue weighted by Gasteiger charge is -2.57. The van der Waals surface area contributed by atoms with Crippen LogP contribution in [0.3, 0.4) is 0 Å². The standard InChI is InChI=1S/C29H41N3O7/c1-18-30-17-25(32(36)37)31(18)14-15-38-26(34)8-9-27(35)39-24-7-6-22-21-5-4-19-16-20(33)10-12-28(19,2)23(21)11-13-29(22,24)3/h4,17,20-24,33H,5-16H2,1-3H3/t20-,21-,22-,23-,24-,28-,29-/m0/s1. The van der Waals surface area contributed by atoms with Gasteiger partial charge in [-0.3, -0.25) is 9.59 Å². The highest BCUT2D eigenvalue weighted by Gasteiger charge is 2.59. The molecule has 0 amide bonds. The molecule has 10 nitrogen and oxygen atoms in total. The molecular weight excluding hydrogens is 502 g/mol. The van der Waals surface area contributed by atoms with Gasteiger partial charge < -0.3 is 24.7 Å². The van der Waals surface area contributed by atoms with Gasteiger partial charge in [0.15, 0.2) is 5.82 Å². The van der Waals surface area contributed by atoms with Crippen LogP contribution in [0, 0.1) is 45.6 Å². The van der Waals surface area contributed by atoms with Crippen molar-refractivity contribution in [3.05, 3.63) is 33.8 Å². The van der Waals surface area contributed by atoms with Crippen molar-refractivity contribution >= 4 is 17.8 Å². The molecule has 39 heavy (non-hydrogen) atoms. The Balaban J connectivity index is 1.11. The van der Waals surface area contributed by atoms with Crippen LogP contribution in [-0.2, 0) is 25.6 Å². The molecule has 0 aliphatic heterocycles. The first-order valence-corrected chi connectivity index (χ1v) is 14.4. The zero-order chi connectivity index (χ0) is 27.9. The molecule has 1 heterocycles. The van der Waals surface area contributed by atoms with E-state index < -0.39 is 10.9 Å². The molecule has 5 rings (SSSR count). The third-order valence-electron chi connectivity index (χ3n) is 10.6. The molecule has 3 saturated carbocycles. The van der Waals surface area contributed by atoms with Crippen LogP contribution in [0.2, 0.25) is 0 Å².